The van der Waals surface area contributed by atoms with Gasteiger partial charge in [0.2, 0.25) is 5.91 Å². The van der Waals surface area contributed by atoms with E-state index in [4.69, 9.17) is 5.73 Å². The van der Waals surface area contributed by atoms with Crippen molar-refractivity contribution < 1.29 is 9.59 Å². The zero-order valence-electron chi connectivity index (χ0n) is 7.36. The zero-order chi connectivity index (χ0) is 9.84. The quantitative estimate of drug-likeness (QED) is 0.650. The number of hydrogen-bond acceptors (Lipinski definition) is 3. The number of rotatable bonds is 4. The molecule has 5 nitrogen and oxygen atoms in total. The molecule has 0 bridgehead atoms. The third-order valence-corrected chi connectivity index (χ3v) is 1.75. The zero-order valence-corrected chi connectivity index (χ0v) is 7.36. The maximum Gasteiger partial charge on any atom is 0.237 e. The van der Waals surface area contributed by atoms with E-state index in [1.54, 1.807) is 6.20 Å². The van der Waals surface area contributed by atoms with Crippen LogP contribution in [0.3, 0.4) is 0 Å². The molecular formula is C8H11N3O2. The van der Waals surface area contributed by atoms with Crippen LogP contribution in [0.5, 0.6) is 0 Å². The van der Waals surface area contributed by atoms with Crippen LogP contribution in [-0.4, -0.2) is 21.7 Å². The van der Waals surface area contributed by atoms with E-state index in [0.29, 0.717) is 12.7 Å². The Labute approximate surface area is 75.6 Å². The number of aryl methyl sites for hydroxylation is 1. The van der Waals surface area contributed by atoms with Crippen LogP contribution >= 0.6 is 0 Å². The average molecular weight is 181 g/mol. The van der Waals surface area contributed by atoms with Crippen LogP contribution in [0.2, 0.25) is 0 Å². The van der Waals surface area contributed by atoms with Crippen LogP contribution in [0.1, 0.15) is 23.2 Å². The summed E-state index contributed by atoms with van der Waals surface area (Å²) in [7, 11) is 0. The SMILES string of the molecule is CCc1cnc(C=O)n1CC(N)=O. The first-order chi connectivity index (χ1) is 6.19. The van der Waals surface area contributed by atoms with Crippen molar-refractivity contribution in [2.45, 2.75) is 19.9 Å². The van der Waals surface area contributed by atoms with Gasteiger partial charge in [-0.2, -0.15) is 0 Å². The van der Waals surface area contributed by atoms with Crippen LogP contribution in [0.25, 0.3) is 0 Å². The molecular weight excluding hydrogens is 170 g/mol. The van der Waals surface area contributed by atoms with Gasteiger partial charge in [-0.05, 0) is 6.42 Å². The Bertz CT molecular complexity index is 330. The molecule has 5 heteroatoms. The van der Waals surface area contributed by atoms with E-state index < -0.39 is 5.91 Å². The van der Waals surface area contributed by atoms with Gasteiger partial charge in [0.05, 0.1) is 0 Å². The van der Waals surface area contributed by atoms with Crippen LogP contribution in [0.4, 0.5) is 0 Å². The molecule has 2 N–H and O–H groups in total. The summed E-state index contributed by atoms with van der Waals surface area (Å²) in [6.07, 6.45) is 2.91. The van der Waals surface area contributed by atoms with Crippen LogP contribution in [0.15, 0.2) is 6.20 Å². The third kappa shape index (κ3) is 1.93. The Balaban J connectivity index is 3.04. The summed E-state index contributed by atoms with van der Waals surface area (Å²) in [6.45, 7) is 1.93. The highest BCUT2D eigenvalue weighted by atomic mass is 16.1. The largest absolute Gasteiger partial charge is 0.368 e. The molecule has 13 heavy (non-hydrogen) atoms. The molecule has 0 aromatic carbocycles. The number of nitrogens with zero attached hydrogens (tertiary/aromatic N) is 2. The van der Waals surface area contributed by atoms with Crippen LogP contribution in [0, 0.1) is 0 Å². The number of amides is 1. The fraction of sp³-hybridized carbons (Fsp3) is 0.375. The highest BCUT2D eigenvalue weighted by molar-refractivity contribution is 5.76. The van der Waals surface area contributed by atoms with Gasteiger partial charge >= 0.3 is 0 Å². The number of aldehydes is 1. The highest BCUT2D eigenvalue weighted by Gasteiger charge is 2.09. The molecule has 0 unspecified atom stereocenters. The second-order valence-corrected chi connectivity index (χ2v) is 2.63. The maximum atomic E-state index is 10.7. The molecule has 0 fully saturated rings. The first kappa shape index (κ1) is 9.44. The fourth-order valence-corrected chi connectivity index (χ4v) is 1.14. The van der Waals surface area contributed by atoms with E-state index in [-0.39, 0.29) is 12.4 Å². The van der Waals surface area contributed by atoms with Gasteiger partial charge in [0, 0.05) is 11.9 Å². The number of hydrogen-bond donors (Lipinski definition) is 1. The molecule has 1 rings (SSSR count). The summed E-state index contributed by atoms with van der Waals surface area (Å²) in [6, 6.07) is 0. The number of nitrogens with two attached hydrogens (primary N) is 1. The minimum Gasteiger partial charge on any atom is -0.368 e. The second kappa shape index (κ2) is 3.84. The summed E-state index contributed by atoms with van der Waals surface area (Å²) in [4.78, 5) is 25.0. The molecule has 0 atom stereocenters. The van der Waals surface area contributed by atoms with E-state index in [0.717, 1.165) is 5.69 Å². The summed E-state index contributed by atoms with van der Waals surface area (Å²) in [5, 5.41) is 0. The lowest BCUT2D eigenvalue weighted by Gasteiger charge is -2.04. The van der Waals surface area contributed by atoms with Crippen molar-refractivity contribution in [3.63, 3.8) is 0 Å². The number of carbonyl (C=O) groups excluding carboxylic acids is 2. The molecule has 1 heterocycles. The average Bonchev–Trinajstić information content (AvgIpc) is 2.46. The Morgan fingerprint density at radius 3 is 2.92 bits per heavy atom. The number of imidazole rings is 1. The van der Waals surface area contributed by atoms with Crippen molar-refractivity contribution in [1.29, 1.82) is 0 Å². The lowest BCUT2D eigenvalue weighted by atomic mass is 10.3. The Kier molecular flexibility index (Phi) is 2.79. The lowest BCUT2D eigenvalue weighted by molar-refractivity contribution is -0.118. The van der Waals surface area contributed by atoms with Crippen molar-refractivity contribution in [3.05, 3.63) is 17.7 Å². The monoisotopic (exact) mass is 181 g/mol. The van der Waals surface area contributed by atoms with Gasteiger partial charge in [0.15, 0.2) is 12.1 Å². The number of aromatic nitrogens is 2. The summed E-state index contributed by atoms with van der Waals surface area (Å²) in [5.41, 5.74) is 5.86. The lowest BCUT2D eigenvalue weighted by Crippen LogP contribution is -2.21. The van der Waals surface area contributed by atoms with Gasteiger partial charge in [-0.3, -0.25) is 9.59 Å². The molecule has 0 aliphatic heterocycles. The van der Waals surface area contributed by atoms with E-state index >= 15 is 0 Å². The first-order valence-electron chi connectivity index (χ1n) is 3.97. The molecule has 0 saturated heterocycles. The summed E-state index contributed by atoms with van der Waals surface area (Å²) >= 11 is 0. The standard InChI is InChI=1S/C8H11N3O2/c1-2-6-3-10-8(5-12)11(6)4-7(9)13/h3,5H,2,4H2,1H3,(H2,9,13). The molecule has 70 valence electrons. The molecule has 1 aromatic heterocycles. The number of primary amides is 1. The van der Waals surface area contributed by atoms with Crippen molar-refractivity contribution >= 4 is 12.2 Å². The van der Waals surface area contributed by atoms with Gasteiger partial charge in [-0.1, -0.05) is 6.92 Å². The topological polar surface area (TPSA) is 78.0 Å². The number of carbonyl (C=O) groups is 2. The van der Waals surface area contributed by atoms with Crippen LogP contribution < -0.4 is 5.73 Å². The molecule has 1 aromatic rings. The molecule has 0 saturated carbocycles. The van der Waals surface area contributed by atoms with E-state index in [2.05, 4.69) is 4.98 Å². The first-order valence-corrected chi connectivity index (χ1v) is 3.97. The molecule has 0 radical (unpaired) electrons. The minimum absolute atomic E-state index is 0.0112. The normalized spacial score (nSPS) is 9.92. The van der Waals surface area contributed by atoms with Crippen molar-refractivity contribution in [1.82, 2.24) is 9.55 Å². The minimum atomic E-state index is -0.476. The van der Waals surface area contributed by atoms with Gasteiger partial charge in [-0.15, -0.1) is 0 Å². The molecule has 1 amide bonds. The van der Waals surface area contributed by atoms with Gasteiger partial charge in [0.1, 0.15) is 6.54 Å². The predicted octanol–water partition coefficient (Wildman–Crippen LogP) is -0.257. The smallest absolute Gasteiger partial charge is 0.237 e. The van der Waals surface area contributed by atoms with Crippen LogP contribution in [-0.2, 0) is 17.8 Å². The summed E-state index contributed by atoms with van der Waals surface area (Å²) in [5.74, 6) is -0.230. The highest BCUT2D eigenvalue weighted by Crippen LogP contribution is 2.04. The fourth-order valence-electron chi connectivity index (χ4n) is 1.14. The molecule has 0 aliphatic rings. The Morgan fingerprint density at radius 1 is 1.77 bits per heavy atom. The Hall–Kier alpha value is -1.65. The van der Waals surface area contributed by atoms with Gasteiger partial charge < -0.3 is 10.3 Å². The van der Waals surface area contributed by atoms with Crippen molar-refractivity contribution in [3.8, 4) is 0 Å². The van der Waals surface area contributed by atoms with Crippen molar-refractivity contribution in [2.24, 2.45) is 5.73 Å². The van der Waals surface area contributed by atoms with Crippen molar-refractivity contribution in [2.75, 3.05) is 0 Å². The second-order valence-electron chi connectivity index (χ2n) is 2.63. The maximum absolute atomic E-state index is 10.7. The van der Waals surface area contributed by atoms with Gasteiger partial charge in [0.25, 0.3) is 0 Å². The predicted molar refractivity (Wildman–Crippen MR) is 46.2 cm³/mol. The molecule has 0 aliphatic carbocycles. The van der Waals surface area contributed by atoms with E-state index in [1.807, 2.05) is 6.92 Å². The van der Waals surface area contributed by atoms with Gasteiger partial charge in [-0.25, -0.2) is 4.98 Å². The Morgan fingerprint density at radius 2 is 2.46 bits per heavy atom. The summed E-state index contributed by atoms with van der Waals surface area (Å²) < 4.78 is 1.52. The molecule has 0 spiro atoms. The van der Waals surface area contributed by atoms with E-state index in [1.165, 1.54) is 4.57 Å². The third-order valence-electron chi connectivity index (χ3n) is 1.75. The van der Waals surface area contributed by atoms with E-state index in [9.17, 15) is 9.59 Å².